The first-order valence-electron chi connectivity index (χ1n) is 8.90. The molecule has 136 valence electrons. The van der Waals surface area contributed by atoms with Gasteiger partial charge in [-0.3, -0.25) is 15.6 Å². The molecule has 1 aliphatic carbocycles. The van der Waals surface area contributed by atoms with Crippen LogP contribution in [-0.2, 0) is 12.8 Å². The third kappa shape index (κ3) is 3.60. The molecule has 0 radical (unpaired) electrons. The van der Waals surface area contributed by atoms with Crippen molar-refractivity contribution in [3.05, 3.63) is 71.4 Å². The lowest BCUT2D eigenvalue weighted by Gasteiger charge is -2.13. The molecule has 0 saturated carbocycles. The molecule has 0 unspecified atom stereocenters. The van der Waals surface area contributed by atoms with Crippen molar-refractivity contribution in [1.29, 1.82) is 0 Å². The molecule has 0 atom stereocenters. The van der Waals surface area contributed by atoms with E-state index in [1.165, 1.54) is 0 Å². The third-order valence-corrected chi connectivity index (χ3v) is 4.61. The number of rotatable bonds is 5. The van der Waals surface area contributed by atoms with E-state index in [0.717, 1.165) is 36.1 Å². The number of ether oxygens (including phenoxy) is 1. The van der Waals surface area contributed by atoms with Crippen LogP contribution < -0.4 is 15.6 Å². The number of nitrogens with zero attached hydrogens (tertiary/aromatic N) is 2. The molecule has 0 bridgehead atoms. The molecule has 3 aromatic rings. The summed E-state index contributed by atoms with van der Waals surface area (Å²) in [5.74, 6) is 1.81. The van der Waals surface area contributed by atoms with Crippen LogP contribution in [0.25, 0.3) is 11.4 Å². The molecule has 0 fully saturated rings. The predicted octanol–water partition coefficient (Wildman–Crippen LogP) is 3.40. The van der Waals surface area contributed by atoms with Crippen LogP contribution in [0.15, 0.2) is 54.6 Å². The van der Waals surface area contributed by atoms with Gasteiger partial charge in [0.05, 0.1) is 7.11 Å². The van der Waals surface area contributed by atoms with Gasteiger partial charge in [0.1, 0.15) is 5.75 Å². The number of fused-ring (bicyclic) bond motifs is 1. The molecule has 1 heterocycles. The minimum atomic E-state index is -0.232. The normalized spacial score (nSPS) is 12.3. The Morgan fingerprint density at radius 3 is 2.52 bits per heavy atom. The zero-order valence-corrected chi connectivity index (χ0v) is 15.0. The molecule has 2 N–H and O–H groups in total. The summed E-state index contributed by atoms with van der Waals surface area (Å²) in [6, 6.07) is 16.8. The Kier molecular flexibility index (Phi) is 4.70. The summed E-state index contributed by atoms with van der Waals surface area (Å²) < 4.78 is 5.12. The summed E-state index contributed by atoms with van der Waals surface area (Å²) >= 11 is 0. The number of methoxy groups -OCH3 is 1. The van der Waals surface area contributed by atoms with Gasteiger partial charge in [-0.2, -0.15) is 0 Å². The number of carbonyl (C=O) groups excluding carboxylic acids is 1. The quantitative estimate of drug-likeness (QED) is 0.682. The highest BCUT2D eigenvalue weighted by Gasteiger charge is 2.20. The maximum absolute atomic E-state index is 12.4. The van der Waals surface area contributed by atoms with Crippen molar-refractivity contribution >= 4 is 11.7 Å². The van der Waals surface area contributed by atoms with Gasteiger partial charge in [-0.05, 0) is 43.5 Å². The average Bonchev–Trinajstić information content (AvgIpc) is 3.21. The minimum absolute atomic E-state index is 0.232. The number of carbonyl (C=O) groups is 1. The van der Waals surface area contributed by atoms with E-state index in [9.17, 15) is 4.79 Å². The largest absolute Gasteiger partial charge is 0.497 e. The molecule has 0 saturated heterocycles. The van der Waals surface area contributed by atoms with Gasteiger partial charge in [-0.15, -0.1) is 0 Å². The maximum Gasteiger partial charge on any atom is 0.269 e. The zero-order chi connectivity index (χ0) is 18.6. The van der Waals surface area contributed by atoms with E-state index < -0.39 is 0 Å². The lowest BCUT2D eigenvalue weighted by molar-refractivity contribution is 0.0962. The summed E-state index contributed by atoms with van der Waals surface area (Å²) in [7, 11) is 1.59. The topological polar surface area (TPSA) is 76.1 Å². The van der Waals surface area contributed by atoms with Gasteiger partial charge >= 0.3 is 0 Å². The number of anilines is 1. The summed E-state index contributed by atoms with van der Waals surface area (Å²) in [5, 5.41) is 0. The lowest BCUT2D eigenvalue weighted by Crippen LogP contribution is -2.30. The number of hydrogen-bond donors (Lipinski definition) is 2. The second-order valence-corrected chi connectivity index (χ2v) is 6.35. The summed E-state index contributed by atoms with van der Waals surface area (Å²) in [5.41, 5.74) is 9.36. The van der Waals surface area contributed by atoms with Crippen LogP contribution >= 0.6 is 0 Å². The Labute approximate surface area is 157 Å². The molecule has 4 rings (SSSR count). The van der Waals surface area contributed by atoms with Crippen molar-refractivity contribution in [2.24, 2.45) is 0 Å². The van der Waals surface area contributed by atoms with Gasteiger partial charge in [0.15, 0.2) is 11.6 Å². The van der Waals surface area contributed by atoms with Crippen LogP contribution in [0.2, 0.25) is 0 Å². The molecular formula is C21H20N4O2. The van der Waals surface area contributed by atoms with Crippen molar-refractivity contribution in [2.45, 2.75) is 19.3 Å². The Bertz CT molecular complexity index is 956. The van der Waals surface area contributed by atoms with E-state index in [1.807, 2.05) is 30.3 Å². The van der Waals surface area contributed by atoms with Gasteiger partial charge in [0.25, 0.3) is 5.91 Å². The molecule has 0 aliphatic heterocycles. The van der Waals surface area contributed by atoms with Gasteiger partial charge in [0, 0.05) is 22.4 Å². The highest BCUT2D eigenvalue weighted by atomic mass is 16.5. The van der Waals surface area contributed by atoms with Crippen molar-refractivity contribution in [1.82, 2.24) is 15.4 Å². The van der Waals surface area contributed by atoms with E-state index in [2.05, 4.69) is 15.8 Å². The van der Waals surface area contributed by atoms with E-state index in [1.54, 1.807) is 31.4 Å². The number of hydrazine groups is 1. The number of hydrogen-bond acceptors (Lipinski definition) is 5. The number of aryl methyl sites for hydroxylation is 1. The first kappa shape index (κ1) is 17.0. The summed E-state index contributed by atoms with van der Waals surface area (Å²) in [4.78, 5) is 21.8. The van der Waals surface area contributed by atoms with Gasteiger partial charge in [0.2, 0.25) is 0 Å². The summed E-state index contributed by atoms with van der Waals surface area (Å²) in [6.07, 6.45) is 2.88. The Hall–Kier alpha value is -3.41. The van der Waals surface area contributed by atoms with Crippen LogP contribution in [-0.4, -0.2) is 23.0 Å². The van der Waals surface area contributed by atoms with Gasteiger partial charge in [-0.25, -0.2) is 9.97 Å². The standard InChI is InChI=1S/C21H20N4O2/c1-27-16-12-10-15(11-13-16)21(26)25-24-20-17-8-5-9-18(17)22-19(23-20)14-6-3-2-4-7-14/h2-4,6-7,10-13H,5,8-9H2,1H3,(H,25,26)(H,22,23,24). The van der Waals surface area contributed by atoms with Crippen LogP contribution in [0.5, 0.6) is 5.75 Å². The number of nitrogens with one attached hydrogen (secondary N) is 2. The second kappa shape index (κ2) is 7.45. The summed E-state index contributed by atoms with van der Waals surface area (Å²) in [6.45, 7) is 0. The average molecular weight is 360 g/mol. The first-order valence-corrected chi connectivity index (χ1v) is 8.90. The minimum Gasteiger partial charge on any atom is -0.497 e. The molecule has 1 aliphatic rings. The van der Waals surface area contributed by atoms with E-state index in [4.69, 9.17) is 9.72 Å². The van der Waals surface area contributed by atoms with Crippen LogP contribution in [0.1, 0.15) is 28.0 Å². The predicted molar refractivity (Wildman–Crippen MR) is 104 cm³/mol. The van der Waals surface area contributed by atoms with E-state index >= 15 is 0 Å². The van der Waals surface area contributed by atoms with Gasteiger partial charge < -0.3 is 4.74 Å². The second-order valence-electron chi connectivity index (χ2n) is 6.35. The fourth-order valence-corrected chi connectivity index (χ4v) is 3.18. The first-order chi connectivity index (χ1) is 13.2. The monoisotopic (exact) mass is 360 g/mol. The van der Waals surface area contributed by atoms with E-state index in [0.29, 0.717) is 23.0 Å². The van der Waals surface area contributed by atoms with Crippen molar-refractivity contribution < 1.29 is 9.53 Å². The zero-order valence-electron chi connectivity index (χ0n) is 15.0. The molecule has 6 nitrogen and oxygen atoms in total. The SMILES string of the molecule is COc1ccc(C(=O)NNc2nc(-c3ccccc3)nc3c2CCC3)cc1. The number of amides is 1. The Morgan fingerprint density at radius 2 is 1.78 bits per heavy atom. The molecule has 1 amide bonds. The fraction of sp³-hybridized carbons (Fsp3) is 0.190. The number of aromatic nitrogens is 2. The van der Waals surface area contributed by atoms with Gasteiger partial charge in [-0.1, -0.05) is 30.3 Å². The molecule has 2 aromatic carbocycles. The molecular weight excluding hydrogens is 340 g/mol. The molecule has 27 heavy (non-hydrogen) atoms. The maximum atomic E-state index is 12.4. The molecule has 6 heteroatoms. The lowest BCUT2D eigenvalue weighted by atomic mass is 10.2. The Balaban J connectivity index is 1.56. The van der Waals surface area contributed by atoms with Crippen LogP contribution in [0.4, 0.5) is 5.82 Å². The Morgan fingerprint density at radius 1 is 1.00 bits per heavy atom. The van der Waals surface area contributed by atoms with E-state index in [-0.39, 0.29) is 5.91 Å². The smallest absolute Gasteiger partial charge is 0.269 e. The highest BCUT2D eigenvalue weighted by Crippen LogP contribution is 2.28. The van der Waals surface area contributed by atoms with Crippen molar-refractivity contribution in [2.75, 3.05) is 12.5 Å². The van der Waals surface area contributed by atoms with Crippen molar-refractivity contribution in [3.63, 3.8) is 0 Å². The number of benzene rings is 2. The molecule has 0 spiro atoms. The van der Waals surface area contributed by atoms with Crippen molar-refractivity contribution in [3.8, 4) is 17.1 Å². The van der Waals surface area contributed by atoms with Crippen LogP contribution in [0.3, 0.4) is 0 Å². The molecule has 1 aromatic heterocycles. The van der Waals surface area contributed by atoms with Crippen LogP contribution in [0, 0.1) is 0 Å². The fourth-order valence-electron chi connectivity index (χ4n) is 3.18. The highest BCUT2D eigenvalue weighted by molar-refractivity contribution is 5.95. The third-order valence-electron chi connectivity index (χ3n) is 4.61.